The van der Waals surface area contributed by atoms with Crippen LogP contribution in [0.25, 0.3) is 11.0 Å². The van der Waals surface area contributed by atoms with Crippen molar-refractivity contribution in [2.24, 2.45) is 0 Å². The van der Waals surface area contributed by atoms with Crippen LogP contribution in [-0.2, 0) is 11.3 Å². The molecular formula is C16H16N4O3. The molecule has 23 heavy (non-hydrogen) atoms. The SMILES string of the molecule is Cc1cc2c(=O)n(CC(=O)Nc3cccc(O)c3)c(C)nc2[nH]1. The first-order valence-corrected chi connectivity index (χ1v) is 7.09. The molecule has 3 aromatic rings. The Morgan fingerprint density at radius 3 is 2.87 bits per heavy atom. The molecule has 0 bridgehead atoms. The molecular weight excluding hydrogens is 296 g/mol. The van der Waals surface area contributed by atoms with E-state index < -0.39 is 0 Å². The Morgan fingerprint density at radius 2 is 2.13 bits per heavy atom. The van der Waals surface area contributed by atoms with Gasteiger partial charge in [-0.3, -0.25) is 14.2 Å². The van der Waals surface area contributed by atoms with Gasteiger partial charge in [0.25, 0.3) is 5.56 Å². The molecule has 3 N–H and O–H groups in total. The van der Waals surface area contributed by atoms with Crippen LogP contribution in [0.2, 0.25) is 0 Å². The number of carbonyl (C=O) groups excluding carboxylic acids is 1. The van der Waals surface area contributed by atoms with Crippen LogP contribution in [0.1, 0.15) is 11.5 Å². The van der Waals surface area contributed by atoms with E-state index in [1.165, 1.54) is 16.7 Å². The molecule has 118 valence electrons. The fraction of sp³-hybridized carbons (Fsp3) is 0.188. The largest absolute Gasteiger partial charge is 0.508 e. The normalized spacial score (nSPS) is 10.9. The van der Waals surface area contributed by atoms with Crippen molar-refractivity contribution in [1.82, 2.24) is 14.5 Å². The van der Waals surface area contributed by atoms with Gasteiger partial charge in [-0.2, -0.15) is 0 Å². The predicted octanol–water partition coefficient (Wildman–Crippen LogP) is 1.69. The number of aromatic hydroxyl groups is 1. The van der Waals surface area contributed by atoms with Crippen molar-refractivity contribution < 1.29 is 9.90 Å². The van der Waals surface area contributed by atoms with E-state index in [2.05, 4.69) is 15.3 Å². The van der Waals surface area contributed by atoms with Crippen molar-refractivity contribution in [3.8, 4) is 5.75 Å². The molecule has 2 aromatic heterocycles. The number of carbonyl (C=O) groups is 1. The number of benzene rings is 1. The quantitative estimate of drug-likeness (QED) is 0.685. The number of phenolic OH excluding ortho intramolecular Hbond substituents is 1. The number of aromatic amines is 1. The van der Waals surface area contributed by atoms with Crippen molar-refractivity contribution in [3.05, 3.63) is 52.2 Å². The second-order valence-electron chi connectivity index (χ2n) is 5.36. The van der Waals surface area contributed by atoms with Crippen LogP contribution in [-0.4, -0.2) is 25.5 Å². The van der Waals surface area contributed by atoms with E-state index >= 15 is 0 Å². The highest BCUT2D eigenvalue weighted by Crippen LogP contribution is 2.15. The van der Waals surface area contributed by atoms with Gasteiger partial charge in [0.2, 0.25) is 5.91 Å². The van der Waals surface area contributed by atoms with Crippen LogP contribution in [0.3, 0.4) is 0 Å². The van der Waals surface area contributed by atoms with Crippen molar-refractivity contribution in [2.75, 3.05) is 5.32 Å². The van der Waals surface area contributed by atoms with E-state index in [1.54, 1.807) is 25.1 Å². The zero-order valence-corrected chi connectivity index (χ0v) is 12.8. The number of aromatic nitrogens is 3. The summed E-state index contributed by atoms with van der Waals surface area (Å²) >= 11 is 0. The van der Waals surface area contributed by atoms with Gasteiger partial charge in [-0.25, -0.2) is 4.98 Å². The summed E-state index contributed by atoms with van der Waals surface area (Å²) in [6, 6.07) is 7.94. The molecule has 2 heterocycles. The van der Waals surface area contributed by atoms with Gasteiger partial charge >= 0.3 is 0 Å². The highest BCUT2D eigenvalue weighted by molar-refractivity contribution is 5.91. The summed E-state index contributed by atoms with van der Waals surface area (Å²) in [4.78, 5) is 32.0. The number of H-pyrrole nitrogens is 1. The third kappa shape index (κ3) is 2.94. The zero-order valence-electron chi connectivity index (χ0n) is 12.8. The molecule has 7 heteroatoms. The topological polar surface area (TPSA) is 100 Å². The van der Waals surface area contributed by atoms with Gasteiger partial charge in [0.15, 0.2) is 0 Å². The van der Waals surface area contributed by atoms with Crippen LogP contribution < -0.4 is 10.9 Å². The number of hydrogen-bond donors (Lipinski definition) is 3. The molecule has 1 amide bonds. The molecule has 7 nitrogen and oxygen atoms in total. The second kappa shape index (κ2) is 5.60. The molecule has 0 saturated carbocycles. The van der Waals surface area contributed by atoms with Crippen molar-refractivity contribution >= 4 is 22.6 Å². The molecule has 1 aromatic carbocycles. The Bertz CT molecular complexity index is 956. The van der Waals surface area contributed by atoms with Gasteiger partial charge in [-0.05, 0) is 32.0 Å². The summed E-state index contributed by atoms with van der Waals surface area (Å²) < 4.78 is 1.33. The summed E-state index contributed by atoms with van der Waals surface area (Å²) in [6.07, 6.45) is 0. The molecule has 0 unspecified atom stereocenters. The number of anilines is 1. The summed E-state index contributed by atoms with van der Waals surface area (Å²) in [5.41, 5.74) is 1.57. The Balaban J connectivity index is 1.89. The maximum atomic E-state index is 12.5. The van der Waals surface area contributed by atoms with Crippen LogP contribution >= 0.6 is 0 Å². The summed E-state index contributed by atoms with van der Waals surface area (Å²) in [7, 11) is 0. The molecule has 0 atom stereocenters. The minimum atomic E-state index is -0.366. The fourth-order valence-corrected chi connectivity index (χ4v) is 2.45. The molecule has 0 aliphatic heterocycles. The Labute approximate surface area is 131 Å². The third-order valence-corrected chi connectivity index (χ3v) is 3.50. The molecule has 0 aliphatic rings. The van der Waals surface area contributed by atoms with Gasteiger partial charge in [-0.1, -0.05) is 6.07 Å². The van der Waals surface area contributed by atoms with Crippen LogP contribution in [0.4, 0.5) is 5.69 Å². The van der Waals surface area contributed by atoms with Crippen molar-refractivity contribution in [3.63, 3.8) is 0 Å². The molecule has 0 spiro atoms. The summed E-state index contributed by atoms with van der Waals surface area (Å²) in [5.74, 6) is 0.145. The molecule has 3 rings (SSSR count). The van der Waals surface area contributed by atoms with Gasteiger partial charge in [0.1, 0.15) is 23.8 Å². The van der Waals surface area contributed by atoms with E-state index in [9.17, 15) is 14.7 Å². The smallest absolute Gasteiger partial charge is 0.263 e. The number of rotatable bonds is 3. The Hall–Kier alpha value is -3.09. The first-order chi connectivity index (χ1) is 10.9. The molecule has 0 saturated heterocycles. The minimum Gasteiger partial charge on any atom is -0.508 e. The molecule has 0 radical (unpaired) electrons. The standard InChI is InChI=1S/C16H16N4O3/c1-9-6-13-15(17-9)18-10(2)20(16(13)23)8-14(22)19-11-4-3-5-12(21)7-11/h3-7,17,21H,8H2,1-2H3,(H,19,22). The lowest BCUT2D eigenvalue weighted by atomic mass is 10.3. The average Bonchev–Trinajstić information content (AvgIpc) is 2.84. The van der Waals surface area contributed by atoms with Crippen LogP contribution in [0.15, 0.2) is 35.1 Å². The lowest BCUT2D eigenvalue weighted by Crippen LogP contribution is -2.30. The highest BCUT2D eigenvalue weighted by atomic mass is 16.3. The predicted molar refractivity (Wildman–Crippen MR) is 86.6 cm³/mol. The van der Waals surface area contributed by atoms with Gasteiger partial charge < -0.3 is 15.4 Å². The number of nitrogens with zero attached hydrogens (tertiary/aromatic N) is 2. The van der Waals surface area contributed by atoms with E-state index in [0.717, 1.165) is 5.69 Å². The maximum absolute atomic E-state index is 12.5. The van der Waals surface area contributed by atoms with Gasteiger partial charge in [-0.15, -0.1) is 0 Å². The van der Waals surface area contributed by atoms with Crippen LogP contribution in [0, 0.1) is 13.8 Å². The van der Waals surface area contributed by atoms with Gasteiger partial charge in [0.05, 0.1) is 5.39 Å². The number of fused-ring (bicyclic) bond motifs is 1. The first-order valence-electron chi connectivity index (χ1n) is 7.09. The minimum absolute atomic E-state index is 0.0574. The van der Waals surface area contributed by atoms with Crippen molar-refractivity contribution in [2.45, 2.75) is 20.4 Å². The zero-order chi connectivity index (χ0) is 16.6. The molecule has 0 fully saturated rings. The highest BCUT2D eigenvalue weighted by Gasteiger charge is 2.13. The van der Waals surface area contributed by atoms with E-state index in [4.69, 9.17) is 0 Å². The number of aryl methyl sites for hydroxylation is 2. The average molecular weight is 312 g/mol. The Morgan fingerprint density at radius 1 is 1.35 bits per heavy atom. The lowest BCUT2D eigenvalue weighted by Gasteiger charge is -2.10. The van der Waals surface area contributed by atoms with Crippen LogP contribution in [0.5, 0.6) is 5.75 Å². The second-order valence-corrected chi connectivity index (χ2v) is 5.36. The number of amides is 1. The maximum Gasteiger partial charge on any atom is 0.263 e. The fourth-order valence-electron chi connectivity index (χ4n) is 2.45. The van der Waals surface area contributed by atoms with Gasteiger partial charge in [0, 0.05) is 17.4 Å². The number of nitrogens with one attached hydrogen (secondary N) is 2. The molecule has 0 aliphatic carbocycles. The third-order valence-electron chi connectivity index (χ3n) is 3.50. The van der Waals surface area contributed by atoms with Crippen molar-refractivity contribution in [1.29, 1.82) is 0 Å². The summed E-state index contributed by atoms with van der Waals surface area (Å²) in [5, 5.41) is 12.5. The lowest BCUT2D eigenvalue weighted by molar-refractivity contribution is -0.116. The summed E-state index contributed by atoms with van der Waals surface area (Å²) in [6.45, 7) is 3.38. The Kier molecular flexibility index (Phi) is 3.61. The monoisotopic (exact) mass is 312 g/mol. The van der Waals surface area contributed by atoms with E-state index in [1.807, 2.05) is 6.92 Å². The number of hydrogen-bond acceptors (Lipinski definition) is 4. The van der Waals surface area contributed by atoms with E-state index in [0.29, 0.717) is 22.5 Å². The van der Waals surface area contributed by atoms with E-state index in [-0.39, 0.29) is 23.8 Å². The number of phenols is 1. The first kappa shape index (κ1) is 14.8.